The molecule has 0 atom stereocenters. The molecule has 34 heavy (non-hydrogen) atoms. The minimum Gasteiger partial charge on any atom is -0.490 e. The van der Waals surface area contributed by atoms with Gasteiger partial charge in [0.1, 0.15) is 23.2 Å². The molecule has 0 unspecified atom stereocenters. The normalized spacial score (nSPS) is 16.4. The maximum atomic E-state index is 13.1. The zero-order chi connectivity index (χ0) is 25.9. The van der Waals surface area contributed by atoms with E-state index in [0.717, 1.165) is 0 Å². The van der Waals surface area contributed by atoms with Crippen molar-refractivity contribution in [3.05, 3.63) is 23.8 Å². The number of ether oxygens (including phenoxy) is 3. The first-order chi connectivity index (χ1) is 15.4. The van der Waals surface area contributed by atoms with Crippen LogP contribution < -0.4 is 9.47 Å². The van der Waals surface area contributed by atoms with Crippen LogP contribution in [0.2, 0.25) is 18.1 Å². The summed E-state index contributed by atoms with van der Waals surface area (Å²) in [5, 5.41) is -0.0741. The lowest BCUT2D eigenvalue weighted by molar-refractivity contribution is -0.275. The molecule has 1 heterocycles. The number of carbonyl (C=O) groups excluding carboxylic acids is 1. The summed E-state index contributed by atoms with van der Waals surface area (Å²) in [4.78, 5) is 13.8. The summed E-state index contributed by atoms with van der Waals surface area (Å²) in [7, 11) is -2.16. The van der Waals surface area contributed by atoms with Crippen LogP contribution in [-0.4, -0.2) is 50.5 Å². The first-order valence-corrected chi connectivity index (χ1v) is 14.4. The Hall–Kier alpha value is -1.94. The van der Waals surface area contributed by atoms with Crippen molar-refractivity contribution < 1.29 is 36.6 Å². The van der Waals surface area contributed by atoms with Gasteiger partial charge in [-0.2, -0.15) is 0 Å². The topological polar surface area (TPSA) is 57.2 Å². The van der Waals surface area contributed by atoms with Gasteiger partial charge < -0.3 is 23.5 Å². The number of halogens is 3. The second kappa shape index (κ2) is 10.4. The van der Waals surface area contributed by atoms with Crippen molar-refractivity contribution in [2.45, 2.75) is 97.2 Å². The minimum absolute atomic E-state index is 0.0243. The standard InChI is InChI=1S/C24H38F3NO5Si/c1-22(2,3)33-21(29)28-13-11-18(12-14-28)31-19-10-9-17(20(15-19)32-24(25,26)27)16-30-34(7,8)23(4,5)6/h9-10,15,18H,11-14,16H2,1-8H3. The molecule has 1 aliphatic heterocycles. The maximum Gasteiger partial charge on any atom is 0.573 e. The van der Waals surface area contributed by atoms with Gasteiger partial charge in [-0.3, -0.25) is 0 Å². The first kappa shape index (κ1) is 28.3. The number of alkyl halides is 3. The summed E-state index contributed by atoms with van der Waals surface area (Å²) in [6.07, 6.45) is -4.34. The highest BCUT2D eigenvalue weighted by Gasteiger charge is 2.38. The van der Waals surface area contributed by atoms with Crippen LogP contribution in [0.5, 0.6) is 11.5 Å². The number of piperidine rings is 1. The van der Waals surface area contributed by atoms with E-state index in [2.05, 4.69) is 25.5 Å². The molecule has 1 saturated heterocycles. The Kier molecular flexibility index (Phi) is 8.62. The average molecular weight is 506 g/mol. The number of amides is 1. The van der Waals surface area contributed by atoms with E-state index in [1.165, 1.54) is 6.07 Å². The van der Waals surface area contributed by atoms with Crippen LogP contribution in [0.4, 0.5) is 18.0 Å². The number of hydrogen-bond donors (Lipinski definition) is 0. The molecular weight excluding hydrogens is 467 g/mol. The SMILES string of the molecule is CC(C)(C)OC(=O)N1CCC(Oc2ccc(CO[Si](C)(C)C(C)(C)C)c(OC(F)(F)F)c2)CC1. The van der Waals surface area contributed by atoms with Gasteiger partial charge in [-0.1, -0.05) is 20.8 Å². The van der Waals surface area contributed by atoms with Gasteiger partial charge in [0, 0.05) is 37.6 Å². The fourth-order valence-corrected chi connectivity index (χ4v) is 4.05. The van der Waals surface area contributed by atoms with E-state index in [1.54, 1.807) is 17.0 Å². The lowest BCUT2D eigenvalue weighted by Gasteiger charge is -2.36. The molecule has 0 saturated carbocycles. The zero-order valence-corrected chi connectivity index (χ0v) is 22.5. The van der Waals surface area contributed by atoms with Crippen molar-refractivity contribution in [2.75, 3.05) is 13.1 Å². The Labute approximate surface area is 201 Å². The highest BCUT2D eigenvalue weighted by Crippen LogP contribution is 2.38. The molecule has 0 spiro atoms. The van der Waals surface area contributed by atoms with Crippen molar-refractivity contribution in [1.82, 2.24) is 4.90 Å². The fourth-order valence-electron chi connectivity index (χ4n) is 3.10. The number of nitrogens with zero attached hydrogens (tertiary/aromatic N) is 1. The molecule has 0 radical (unpaired) electrons. The van der Waals surface area contributed by atoms with E-state index in [1.807, 2.05) is 33.9 Å². The largest absolute Gasteiger partial charge is 0.573 e. The summed E-state index contributed by atoms with van der Waals surface area (Å²) in [6.45, 7) is 16.6. The molecule has 194 valence electrons. The van der Waals surface area contributed by atoms with Gasteiger partial charge in [0.2, 0.25) is 0 Å². The van der Waals surface area contributed by atoms with Crippen molar-refractivity contribution in [1.29, 1.82) is 0 Å². The van der Waals surface area contributed by atoms with Crippen LogP contribution in [0.25, 0.3) is 0 Å². The van der Waals surface area contributed by atoms with Gasteiger partial charge in [-0.05, 0) is 51.0 Å². The molecule has 0 aliphatic carbocycles. The molecule has 1 aliphatic rings. The molecule has 0 aromatic heterocycles. The third-order valence-corrected chi connectivity index (χ3v) is 10.5. The number of carbonyl (C=O) groups is 1. The lowest BCUT2D eigenvalue weighted by Crippen LogP contribution is -2.44. The molecule has 1 fully saturated rings. The second-order valence-corrected chi connectivity index (χ2v) is 16.0. The van der Waals surface area contributed by atoms with E-state index < -0.39 is 20.3 Å². The monoisotopic (exact) mass is 505 g/mol. The van der Waals surface area contributed by atoms with Crippen LogP contribution in [0.1, 0.15) is 59.9 Å². The summed E-state index contributed by atoms with van der Waals surface area (Å²) in [5.41, 5.74) is -0.260. The molecule has 6 nitrogen and oxygen atoms in total. The van der Waals surface area contributed by atoms with E-state index in [0.29, 0.717) is 31.5 Å². The summed E-state index contributed by atoms with van der Waals surface area (Å²) in [5.74, 6) is -0.0408. The third kappa shape index (κ3) is 8.68. The Morgan fingerprint density at radius 3 is 2.15 bits per heavy atom. The summed E-state index contributed by atoms with van der Waals surface area (Å²) in [6, 6.07) is 4.45. The van der Waals surface area contributed by atoms with Crippen molar-refractivity contribution in [2.24, 2.45) is 0 Å². The lowest BCUT2D eigenvalue weighted by atomic mass is 10.1. The van der Waals surface area contributed by atoms with E-state index in [9.17, 15) is 18.0 Å². The number of hydrogen-bond acceptors (Lipinski definition) is 5. The van der Waals surface area contributed by atoms with Gasteiger partial charge in [0.25, 0.3) is 0 Å². The number of rotatable bonds is 6. The molecule has 2 rings (SSSR count). The first-order valence-electron chi connectivity index (χ1n) is 11.5. The van der Waals surface area contributed by atoms with Crippen LogP contribution in [0, 0.1) is 0 Å². The van der Waals surface area contributed by atoms with Crippen molar-refractivity contribution in [3.63, 3.8) is 0 Å². The molecule has 10 heteroatoms. The molecule has 0 N–H and O–H groups in total. The van der Waals surface area contributed by atoms with Crippen LogP contribution >= 0.6 is 0 Å². The highest BCUT2D eigenvalue weighted by molar-refractivity contribution is 6.74. The smallest absolute Gasteiger partial charge is 0.490 e. The predicted molar refractivity (Wildman–Crippen MR) is 127 cm³/mol. The Bertz CT molecular complexity index is 838. The highest BCUT2D eigenvalue weighted by atomic mass is 28.4. The molecular formula is C24H38F3NO5Si. The van der Waals surface area contributed by atoms with Crippen molar-refractivity contribution >= 4 is 14.4 Å². The molecule has 1 aromatic rings. The van der Waals surface area contributed by atoms with Crippen LogP contribution in [0.15, 0.2) is 18.2 Å². The van der Waals surface area contributed by atoms with E-state index >= 15 is 0 Å². The van der Waals surface area contributed by atoms with Gasteiger partial charge in [-0.25, -0.2) is 4.79 Å². The van der Waals surface area contributed by atoms with Crippen LogP contribution in [0.3, 0.4) is 0 Å². The fraction of sp³-hybridized carbons (Fsp3) is 0.708. The van der Waals surface area contributed by atoms with Gasteiger partial charge in [-0.15, -0.1) is 13.2 Å². The minimum atomic E-state index is -4.83. The van der Waals surface area contributed by atoms with E-state index in [4.69, 9.17) is 13.9 Å². The van der Waals surface area contributed by atoms with Crippen molar-refractivity contribution in [3.8, 4) is 11.5 Å². The Morgan fingerprint density at radius 1 is 1.06 bits per heavy atom. The quantitative estimate of drug-likeness (QED) is 0.394. The summed E-state index contributed by atoms with van der Waals surface area (Å²) >= 11 is 0. The van der Waals surface area contributed by atoms with Crippen LogP contribution in [-0.2, 0) is 15.8 Å². The maximum absolute atomic E-state index is 13.1. The average Bonchev–Trinajstić information content (AvgIpc) is 2.64. The second-order valence-electron chi connectivity index (χ2n) is 11.2. The van der Waals surface area contributed by atoms with Gasteiger partial charge in [0.15, 0.2) is 8.32 Å². The number of likely N-dealkylation sites (tertiary alicyclic amines) is 1. The van der Waals surface area contributed by atoms with Gasteiger partial charge in [0.05, 0.1) is 6.61 Å². The zero-order valence-electron chi connectivity index (χ0n) is 21.5. The molecule has 1 aromatic carbocycles. The molecule has 0 bridgehead atoms. The van der Waals surface area contributed by atoms with Gasteiger partial charge >= 0.3 is 12.5 Å². The number of benzene rings is 1. The predicted octanol–water partition coefficient (Wildman–Crippen LogP) is 6.89. The molecule has 1 amide bonds. The van der Waals surface area contributed by atoms with E-state index in [-0.39, 0.29) is 35.3 Å². The Balaban J connectivity index is 2.06. The Morgan fingerprint density at radius 2 is 1.65 bits per heavy atom. The third-order valence-electron chi connectivity index (χ3n) is 6.06. The summed E-state index contributed by atoms with van der Waals surface area (Å²) < 4.78 is 60.9.